The Labute approximate surface area is 140 Å². The largest absolute Gasteiger partial charge is 0.332 e. The number of hydrogen-bond donors (Lipinski definition) is 2. The lowest BCUT2D eigenvalue weighted by atomic mass is 10.1. The predicted octanol–water partition coefficient (Wildman–Crippen LogP) is 3.96. The maximum absolute atomic E-state index is 12.0. The molecule has 2 N–H and O–H groups in total. The van der Waals surface area contributed by atoms with Crippen LogP contribution in [0.4, 0.5) is 5.69 Å². The van der Waals surface area contributed by atoms with E-state index < -0.39 is 0 Å². The van der Waals surface area contributed by atoms with Crippen LogP contribution >= 0.6 is 23.8 Å². The zero-order valence-electron chi connectivity index (χ0n) is 12.2. The molecule has 0 fully saturated rings. The second-order valence-corrected chi connectivity index (χ2v) is 5.66. The lowest BCUT2D eigenvalue weighted by Gasteiger charge is -2.12. The van der Waals surface area contributed by atoms with Crippen molar-refractivity contribution < 1.29 is 4.79 Å². The molecule has 0 aliphatic carbocycles. The molecule has 3 nitrogen and oxygen atoms in total. The van der Waals surface area contributed by atoms with Crippen LogP contribution in [-0.4, -0.2) is 11.0 Å². The van der Waals surface area contributed by atoms with Gasteiger partial charge in [-0.2, -0.15) is 0 Å². The van der Waals surface area contributed by atoms with E-state index >= 15 is 0 Å². The Bertz CT molecular complexity index is 671. The molecule has 1 amide bonds. The van der Waals surface area contributed by atoms with Crippen molar-refractivity contribution in [2.24, 2.45) is 0 Å². The SMILES string of the molecule is CCc1ccccc1NC(=S)NC(=O)Cc1ccc(Cl)cc1. The molecule has 2 rings (SSSR count). The van der Waals surface area contributed by atoms with Crippen LogP contribution in [-0.2, 0) is 17.6 Å². The van der Waals surface area contributed by atoms with Gasteiger partial charge in [-0.05, 0) is 48.0 Å². The Morgan fingerprint density at radius 3 is 2.50 bits per heavy atom. The van der Waals surface area contributed by atoms with Gasteiger partial charge in [0.05, 0.1) is 6.42 Å². The highest BCUT2D eigenvalue weighted by Crippen LogP contribution is 2.15. The van der Waals surface area contributed by atoms with Crippen molar-refractivity contribution in [3.63, 3.8) is 0 Å². The van der Waals surface area contributed by atoms with Crippen LogP contribution in [0.25, 0.3) is 0 Å². The van der Waals surface area contributed by atoms with E-state index in [1.54, 1.807) is 12.1 Å². The average molecular weight is 333 g/mol. The van der Waals surface area contributed by atoms with E-state index in [1.165, 1.54) is 0 Å². The van der Waals surface area contributed by atoms with Gasteiger partial charge in [-0.1, -0.05) is 48.9 Å². The number of carbonyl (C=O) groups is 1. The van der Waals surface area contributed by atoms with Gasteiger partial charge in [0.15, 0.2) is 5.11 Å². The number of amides is 1. The standard InChI is InChI=1S/C17H17ClN2OS/c1-2-13-5-3-4-6-15(13)19-17(22)20-16(21)11-12-7-9-14(18)10-8-12/h3-10H,2,11H2,1H3,(H2,19,20,21,22). The second-order valence-electron chi connectivity index (χ2n) is 4.82. The summed E-state index contributed by atoms with van der Waals surface area (Å²) in [6.07, 6.45) is 1.15. The van der Waals surface area contributed by atoms with Crippen molar-refractivity contribution >= 4 is 40.5 Å². The Balaban J connectivity index is 1.91. The first-order chi connectivity index (χ1) is 10.6. The number of carbonyl (C=O) groups excluding carboxylic acids is 1. The zero-order valence-corrected chi connectivity index (χ0v) is 13.8. The van der Waals surface area contributed by atoms with Gasteiger partial charge in [0.1, 0.15) is 0 Å². The third-order valence-corrected chi connectivity index (χ3v) is 3.63. The highest BCUT2D eigenvalue weighted by atomic mass is 35.5. The molecular weight excluding hydrogens is 316 g/mol. The summed E-state index contributed by atoms with van der Waals surface area (Å²) in [5.74, 6) is -0.159. The van der Waals surface area contributed by atoms with Crippen LogP contribution in [0.3, 0.4) is 0 Å². The van der Waals surface area contributed by atoms with Crippen molar-refractivity contribution in [3.05, 3.63) is 64.7 Å². The number of thiocarbonyl (C=S) groups is 1. The second kappa shape index (κ2) is 7.92. The maximum Gasteiger partial charge on any atom is 0.230 e. The first kappa shape index (κ1) is 16.5. The highest BCUT2D eigenvalue weighted by Gasteiger charge is 2.07. The number of nitrogens with one attached hydrogen (secondary N) is 2. The average Bonchev–Trinajstić information content (AvgIpc) is 2.50. The van der Waals surface area contributed by atoms with E-state index in [0.717, 1.165) is 23.2 Å². The zero-order chi connectivity index (χ0) is 15.9. The molecule has 2 aromatic rings. The number of anilines is 1. The van der Waals surface area contributed by atoms with Gasteiger partial charge in [-0.25, -0.2) is 0 Å². The van der Waals surface area contributed by atoms with E-state index in [2.05, 4.69) is 17.6 Å². The minimum Gasteiger partial charge on any atom is -0.332 e. The first-order valence-corrected chi connectivity index (χ1v) is 7.80. The molecule has 0 radical (unpaired) electrons. The van der Waals surface area contributed by atoms with Crippen LogP contribution in [0, 0.1) is 0 Å². The first-order valence-electron chi connectivity index (χ1n) is 7.01. The summed E-state index contributed by atoms with van der Waals surface area (Å²) in [5, 5.41) is 6.71. The van der Waals surface area contributed by atoms with Gasteiger partial charge in [-0.15, -0.1) is 0 Å². The van der Waals surface area contributed by atoms with Crippen LogP contribution < -0.4 is 10.6 Å². The molecule has 0 unspecified atom stereocenters. The number of aryl methyl sites for hydroxylation is 1. The van der Waals surface area contributed by atoms with E-state index in [1.807, 2.05) is 36.4 Å². The number of para-hydroxylation sites is 1. The van der Waals surface area contributed by atoms with Crippen LogP contribution in [0.15, 0.2) is 48.5 Å². The van der Waals surface area contributed by atoms with Crippen LogP contribution in [0.5, 0.6) is 0 Å². The van der Waals surface area contributed by atoms with Crippen LogP contribution in [0.2, 0.25) is 5.02 Å². The van der Waals surface area contributed by atoms with Crippen LogP contribution in [0.1, 0.15) is 18.1 Å². The molecule has 0 saturated carbocycles. The van der Waals surface area contributed by atoms with E-state index in [-0.39, 0.29) is 12.3 Å². The molecule has 114 valence electrons. The molecule has 0 heterocycles. The van der Waals surface area contributed by atoms with Gasteiger partial charge in [0.2, 0.25) is 5.91 Å². The molecule has 0 spiro atoms. The number of rotatable bonds is 4. The molecule has 22 heavy (non-hydrogen) atoms. The normalized spacial score (nSPS) is 10.1. The monoisotopic (exact) mass is 332 g/mol. The quantitative estimate of drug-likeness (QED) is 0.833. The lowest BCUT2D eigenvalue weighted by molar-refractivity contribution is -0.119. The molecule has 5 heteroatoms. The fourth-order valence-electron chi connectivity index (χ4n) is 2.06. The summed E-state index contributed by atoms with van der Waals surface area (Å²) in [4.78, 5) is 12.0. The van der Waals surface area contributed by atoms with Gasteiger partial charge in [0, 0.05) is 10.7 Å². The van der Waals surface area contributed by atoms with Crippen molar-refractivity contribution in [1.29, 1.82) is 0 Å². The highest BCUT2D eigenvalue weighted by molar-refractivity contribution is 7.80. The van der Waals surface area contributed by atoms with Crippen molar-refractivity contribution in [3.8, 4) is 0 Å². The number of hydrogen-bond acceptors (Lipinski definition) is 2. The summed E-state index contributed by atoms with van der Waals surface area (Å²) in [6.45, 7) is 2.07. The summed E-state index contributed by atoms with van der Waals surface area (Å²) >= 11 is 11.0. The molecule has 0 bridgehead atoms. The molecule has 0 aromatic heterocycles. The Kier molecular flexibility index (Phi) is 5.92. The van der Waals surface area contributed by atoms with Crippen molar-refractivity contribution in [2.45, 2.75) is 19.8 Å². The molecule has 0 aliphatic rings. The molecule has 2 aromatic carbocycles. The topological polar surface area (TPSA) is 41.1 Å². The minimum absolute atomic E-state index is 0.159. The smallest absolute Gasteiger partial charge is 0.230 e. The molecule has 0 atom stereocenters. The Morgan fingerprint density at radius 2 is 1.82 bits per heavy atom. The summed E-state index contributed by atoms with van der Waals surface area (Å²) in [7, 11) is 0. The summed E-state index contributed by atoms with van der Waals surface area (Å²) in [5.41, 5.74) is 2.96. The Morgan fingerprint density at radius 1 is 1.14 bits per heavy atom. The predicted molar refractivity (Wildman–Crippen MR) is 95.3 cm³/mol. The van der Waals surface area contributed by atoms with Crippen molar-refractivity contribution in [2.75, 3.05) is 5.32 Å². The van der Waals surface area contributed by atoms with Gasteiger partial charge < -0.3 is 10.6 Å². The van der Waals surface area contributed by atoms with E-state index in [4.69, 9.17) is 23.8 Å². The van der Waals surface area contributed by atoms with Crippen molar-refractivity contribution in [1.82, 2.24) is 5.32 Å². The van der Waals surface area contributed by atoms with Gasteiger partial charge in [-0.3, -0.25) is 4.79 Å². The van der Waals surface area contributed by atoms with Gasteiger partial charge in [0.25, 0.3) is 0 Å². The third kappa shape index (κ3) is 4.83. The van der Waals surface area contributed by atoms with E-state index in [0.29, 0.717) is 10.1 Å². The number of halogens is 1. The summed E-state index contributed by atoms with van der Waals surface area (Å²) in [6, 6.07) is 15.1. The van der Waals surface area contributed by atoms with Gasteiger partial charge >= 0.3 is 0 Å². The molecular formula is C17H17ClN2OS. The maximum atomic E-state index is 12.0. The molecule has 0 aliphatic heterocycles. The lowest BCUT2D eigenvalue weighted by Crippen LogP contribution is -2.35. The Hall–Kier alpha value is -1.91. The minimum atomic E-state index is -0.159. The number of benzene rings is 2. The van der Waals surface area contributed by atoms with E-state index in [9.17, 15) is 4.79 Å². The fourth-order valence-corrected chi connectivity index (χ4v) is 2.41. The third-order valence-electron chi connectivity index (χ3n) is 3.18. The summed E-state index contributed by atoms with van der Waals surface area (Å²) < 4.78 is 0. The fraction of sp³-hybridized carbons (Fsp3) is 0.176. The molecule has 0 saturated heterocycles.